The molecular formula is C20H24N4O3. The molecule has 7 heteroatoms. The van der Waals surface area contributed by atoms with E-state index in [0.717, 1.165) is 23.2 Å². The number of rotatable bonds is 6. The Hall–Kier alpha value is -3.06. The van der Waals surface area contributed by atoms with Crippen LogP contribution in [0.25, 0.3) is 22.2 Å². The monoisotopic (exact) mass is 368 g/mol. The smallest absolute Gasteiger partial charge is 0.265 e. The average molecular weight is 368 g/mol. The van der Waals surface area contributed by atoms with Crippen LogP contribution in [0.15, 0.2) is 41.2 Å². The Labute approximate surface area is 157 Å². The van der Waals surface area contributed by atoms with Gasteiger partial charge in [-0.05, 0) is 64.3 Å². The maximum absolute atomic E-state index is 12.3. The van der Waals surface area contributed by atoms with E-state index in [9.17, 15) is 9.59 Å². The van der Waals surface area contributed by atoms with Gasteiger partial charge in [0, 0.05) is 17.4 Å². The average Bonchev–Trinajstić information content (AvgIpc) is 2.95. The number of hydrogen-bond donors (Lipinski definition) is 3. The first-order valence-corrected chi connectivity index (χ1v) is 8.65. The van der Waals surface area contributed by atoms with Crippen molar-refractivity contribution in [2.45, 2.75) is 19.4 Å². The Morgan fingerprint density at radius 1 is 1.15 bits per heavy atom. The fraction of sp³-hybridized carbons (Fsp3) is 0.300. The number of carbonyl (C=O) groups excluding carboxylic acids is 1. The molecule has 2 heterocycles. The summed E-state index contributed by atoms with van der Waals surface area (Å²) >= 11 is 0. The number of likely N-dealkylation sites (N-methyl/N-ethyl adjacent to an activating group) is 1. The highest BCUT2D eigenvalue weighted by atomic mass is 16.5. The molecule has 142 valence electrons. The standard InChI is InChI=1S/C20H24N4O3/c1-20(2,11-24(3)4)27-13-5-7-15-12(9-13)10-17(22-15)14-6-8-16(18(21)25)23-19(14)26/h5-10,22H,11H2,1-4H3,(H2,21,25)(H,23,26). The number of ether oxygens (including phenoxy) is 1. The van der Waals surface area contributed by atoms with Gasteiger partial charge < -0.3 is 25.3 Å². The molecule has 27 heavy (non-hydrogen) atoms. The van der Waals surface area contributed by atoms with E-state index < -0.39 is 5.91 Å². The second-order valence-electron chi connectivity index (χ2n) is 7.51. The third-order valence-corrected chi connectivity index (χ3v) is 4.15. The molecule has 0 fully saturated rings. The number of pyridine rings is 1. The SMILES string of the molecule is CN(C)CC(C)(C)Oc1ccc2[nH]c(-c3ccc(C(N)=O)[nH]c3=O)cc2c1. The number of H-pyrrole nitrogens is 2. The Morgan fingerprint density at radius 2 is 1.89 bits per heavy atom. The Morgan fingerprint density at radius 3 is 2.52 bits per heavy atom. The fourth-order valence-corrected chi connectivity index (χ4v) is 3.26. The minimum absolute atomic E-state index is 0.0821. The zero-order valence-electron chi connectivity index (χ0n) is 15.9. The van der Waals surface area contributed by atoms with Gasteiger partial charge in [0.15, 0.2) is 0 Å². The Bertz CT molecular complexity index is 1050. The maximum Gasteiger partial charge on any atom is 0.265 e. The first-order chi connectivity index (χ1) is 12.6. The highest BCUT2D eigenvalue weighted by Gasteiger charge is 2.21. The number of carbonyl (C=O) groups is 1. The number of benzene rings is 1. The minimum Gasteiger partial charge on any atom is -0.487 e. The van der Waals surface area contributed by atoms with Crippen LogP contribution in [0.2, 0.25) is 0 Å². The van der Waals surface area contributed by atoms with Crippen LogP contribution < -0.4 is 16.0 Å². The molecule has 1 aromatic carbocycles. The summed E-state index contributed by atoms with van der Waals surface area (Å²) in [5.74, 6) is 0.0929. The molecule has 0 bridgehead atoms. The number of nitrogens with two attached hydrogens (primary N) is 1. The molecule has 0 saturated heterocycles. The molecular weight excluding hydrogens is 344 g/mol. The van der Waals surface area contributed by atoms with Crippen LogP contribution in [0, 0.1) is 0 Å². The van der Waals surface area contributed by atoms with E-state index in [-0.39, 0.29) is 16.9 Å². The number of amides is 1. The molecule has 2 aromatic heterocycles. The summed E-state index contributed by atoms with van der Waals surface area (Å²) in [5, 5.41) is 0.932. The van der Waals surface area contributed by atoms with Crippen molar-refractivity contribution in [1.29, 1.82) is 0 Å². The van der Waals surface area contributed by atoms with Crippen LogP contribution in [0.1, 0.15) is 24.3 Å². The Balaban J connectivity index is 1.93. The Kier molecular flexibility index (Phi) is 4.80. The van der Waals surface area contributed by atoms with Crippen LogP contribution in [-0.2, 0) is 0 Å². The van der Waals surface area contributed by atoms with Crippen molar-refractivity contribution >= 4 is 16.8 Å². The minimum atomic E-state index is -0.669. The predicted octanol–water partition coefficient (Wildman–Crippen LogP) is 2.34. The van der Waals surface area contributed by atoms with E-state index in [4.69, 9.17) is 10.5 Å². The van der Waals surface area contributed by atoms with E-state index in [1.54, 1.807) is 6.07 Å². The predicted molar refractivity (Wildman–Crippen MR) is 106 cm³/mol. The summed E-state index contributed by atoms with van der Waals surface area (Å²) in [4.78, 5) is 31.3. The maximum atomic E-state index is 12.3. The molecule has 0 aliphatic rings. The number of hydrogen-bond acceptors (Lipinski definition) is 4. The summed E-state index contributed by atoms with van der Waals surface area (Å²) in [6.45, 7) is 4.87. The van der Waals surface area contributed by atoms with Gasteiger partial charge in [-0.15, -0.1) is 0 Å². The van der Waals surface area contributed by atoms with Crippen LogP contribution in [-0.4, -0.2) is 47.0 Å². The van der Waals surface area contributed by atoms with Gasteiger partial charge in [0.25, 0.3) is 11.5 Å². The van der Waals surface area contributed by atoms with Gasteiger partial charge in [0.1, 0.15) is 17.0 Å². The molecule has 1 amide bonds. The van der Waals surface area contributed by atoms with Crippen molar-refractivity contribution in [2.75, 3.05) is 20.6 Å². The number of aromatic amines is 2. The van der Waals surface area contributed by atoms with Gasteiger partial charge in [-0.3, -0.25) is 9.59 Å². The molecule has 0 spiro atoms. The summed E-state index contributed by atoms with van der Waals surface area (Å²) in [6.07, 6.45) is 0. The zero-order valence-corrected chi connectivity index (χ0v) is 15.9. The lowest BCUT2D eigenvalue weighted by atomic mass is 10.1. The molecule has 0 aliphatic heterocycles. The third-order valence-electron chi connectivity index (χ3n) is 4.15. The normalized spacial score (nSPS) is 11.9. The van der Waals surface area contributed by atoms with E-state index in [1.165, 1.54) is 6.07 Å². The summed E-state index contributed by atoms with van der Waals surface area (Å²) in [6, 6.07) is 10.7. The molecule has 0 atom stereocenters. The van der Waals surface area contributed by atoms with Crippen molar-refractivity contribution < 1.29 is 9.53 Å². The van der Waals surface area contributed by atoms with E-state index in [1.807, 2.05) is 52.2 Å². The van der Waals surface area contributed by atoms with Gasteiger partial charge in [-0.1, -0.05) is 0 Å². The summed E-state index contributed by atoms with van der Waals surface area (Å²) in [7, 11) is 4.02. The van der Waals surface area contributed by atoms with Crippen molar-refractivity contribution in [2.24, 2.45) is 5.73 Å². The molecule has 4 N–H and O–H groups in total. The lowest BCUT2D eigenvalue weighted by Gasteiger charge is -2.29. The number of primary amides is 1. The van der Waals surface area contributed by atoms with Gasteiger partial charge >= 0.3 is 0 Å². The van der Waals surface area contributed by atoms with Crippen LogP contribution in [0.3, 0.4) is 0 Å². The molecule has 3 aromatic rings. The highest BCUT2D eigenvalue weighted by Crippen LogP contribution is 2.27. The van der Waals surface area contributed by atoms with E-state index >= 15 is 0 Å². The lowest BCUT2D eigenvalue weighted by Crippen LogP contribution is -2.39. The second-order valence-corrected chi connectivity index (χ2v) is 7.51. The lowest BCUT2D eigenvalue weighted by molar-refractivity contribution is 0.0776. The quantitative estimate of drug-likeness (QED) is 0.621. The molecule has 0 aliphatic carbocycles. The third kappa shape index (κ3) is 4.20. The summed E-state index contributed by atoms with van der Waals surface area (Å²) < 4.78 is 6.13. The van der Waals surface area contributed by atoms with Crippen molar-refractivity contribution in [3.63, 3.8) is 0 Å². The van der Waals surface area contributed by atoms with Crippen LogP contribution >= 0.6 is 0 Å². The topological polar surface area (TPSA) is 104 Å². The van der Waals surface area contributed by atoms with E-state index in [0.29, 0.717) is 11.3 Å². The molecule has 0 unspecified atom stereocenters. The molecule has 0 radical (unpaired) electrons. The van der Waals surface area contributed by atoms with Crippen LogP contribution in [0.4, 0.5) is 0 Å². The zero-order chi connectivity index (χ0) is 19.8. The van der Waals surface area contributed by atoms with Crippen molar-refractivity contribution in [3.05, 3.63) is 52.4 Å². The van der Waals surface area contributed by atoms with Gasteiger partial charge in [0.05, 0.1) is 11.3 Å². The number of aromatic nitrogens is 2. The molecule has 3 rings (SSSR count). The highest BCUT2D eigenvalue weighted by molar-refractivity contribution is 5.91. The molecule has 7 nitrogen and oxygen atoms in total. The first-order valence-electron chi connectivity index (χ1n) is 8.65. The van der Waals surface area contributed by atoms with Gasteiger partial charge in [-0.2, -0.15) is 0 Å². The van der Waals surface area contributed by atoms with E-state index in [2.05, 4.69) is 14.9 Å². The number of nitrogens with zero attached hydrogens (tertiary/aromatic N) is 1. The summed E-state index contributed by atoms with van der Waals surface area (Å²) in [5.41, 5.74) is 6.56. The van der Waals surface area contributed by atoms with Gasteiger partial charge in [-0.25, -0.2) is 0 Å². The largest absolute Gasteiger partial charge is 0.487 e. The fourth-order valence-electron chi connectivity index (χ4n) is 3.26. The number of fused-ring (bicyclic) bond motifs is 1. The second kappa shape index (κ2) is 6.92. The van der Waals surface area contributed by atoms with Crippen molar-refractivity contribution in [3.8, 4) is 17.0 Å². The van der Waals surface area contributed by atoms with Crippen molar-refractivity contribution in [1.82, 2.24) is 14.9 Å². The number of nitrogens with one attached hydrogen (secondary N) is 2. The molecule has 0 saturated carbocycles. The van der Waals surface area contributed by atoms with Gasteiger partial charge in [0.2, 0.25) is 0 Å². The first kappa shape index (κ1) is 18.7. The van der Waals surface area contributed by atoms with Crippen LogP contribution in [0.5, 0.6) is 5.75 Å².